The van der Waals surface area contributed by atoms with Crippen molar-refractivity contribution in [3.8, 4) is 22.6 Å². The summed E-state index contributed by atoms with van der Waals surface area (Å²) in [6, 6.07) is 7.93. The fourth-order valence-electron chi connectivity index (χ4n) is 3.18. The molecule has 156 valence electrons. The number of aryl methyl sites for hydroxylation is 1. The molecule has 1 N–H and O–H groups in total. The number of hydrogen-bond donors (Lipinski definition) is 1. The lowest BCUT2D eigenvalue weighted by Gasteiger charge is -2.15. The third-order valence-corrected chi connectivity index (χ3v) is 4.82. The van der Waals surface area contributed by atoms with Crippen molar-refractivity contribution in [3.05, 3.63) is 42.3 Å². The number of cyclic esters (lactones) is 1. The van der Waals surface area contributed by atoms with Gasteiger partial charge in [0.15, 0.2) is 0 Å². The van der Waals surface area contributed by atoms with E-state index in [0.717, 1.165) is 6.42 Å². The van der Waals surface area contributed by atoms with Crippen LogP contribution in [-0.4, -0.2) is 55.1 Å². The van der Waals surface area contributed by atoms with Crippen molar-refractivity contribution in [2.45, 2.75) is 39.0 Å². The highest BCUT2D eigenvalue weighted by molar-refractivity contribution is 5.90. The van der Waals surface area contributed by atoms with Gasteiger partial charge in [-0.25, -0.2) is 9.18 Å². The van der Waals surface area contributed by atoms with Crippen molar-refractivity contribution in [3.63, 3.8) is 0 Å². The number of carbonyl (C=O) groups is 1. The summed E-state index contributed by atoms with van der Waals surface area (Å²) in [5, 5.41) is 21.8. The number of aliphatic hydroxyl groups is 1. The molecule has 0 aliphatic carbocycles. The van der Waals surface area contributed by atoms with Gasteiger partial charge in [0, 0.05) is 17.3 Å². The molecule has 10 heteroatoms. The van der Waals surface area contributed by atoms with Gasteiger partial charge in [0.2, 0.25) is 5.82 Å². The Labute approximate surface area is 172 Å². The molecule has 1 unspecified atom stereocenters. The molecule has 1 fully saturated rings. The maximum atomic E-state index is 14.8. The molecule has 1 amide bonds. The molecule has 2 aromatic heterocycles. The van der Waals surface area contributed by atoms with Crippen LogP contribution in [0.3, 0.4) is 0 Å². The number of carbonyl (C=O) groups excluding carboxylic acids is 1. The lowest BCUT2D eigenvalue weighted by Crippen LogP contribution is -2.29. The van der Waals surface area contributed by atoms with Gasteiger partial charge in [-0.2, -0.15) is 4.80 Å². The molecular weight excluding hydrogens is 391 g/mol. The molecule has 1 aliphatic heterocycles. The first-order valence-corrected chi connectivity index (χ1v) is 9.66. The number of ether oxygens (including phenoxy) is 1. The molecule has 30 heavy (non-hydrogen) atoms. The Morgan fingerprint density at radius 1 is 1.33 bits per heavy atom. The van der Waals surface area contributed by atoms with E-state index in [9.17, 15) is 14.3 Å². The molecule has 3 aromatic rings. The summed E-state index contributed by atoms with van der Waals surface area (Å²) >= 11 is 0. The van der Waals surface area contributed by atoms with E-state index in [1.807, 2.05) is 6.92 Å². The first kappa shape index (κ1) is 19.9. The van der Waals surface area contributed by atoms with Crippen LogP contribution < -0.4 is 4.90 Å². The number of benzene rings is 1. The lowest BCUT2D eigenvalue weighted by atomic mass is 10.1. The van der Waals surface area contributed by atoms with E-state index in [2.05, 4.69) is 20.4 Å². The van der Waals surface area contributed by atoms with Gasteiger partial charge in [-0.1, -0.05) is 13.0 Å². The lowest BCUT2D eigenvalue weighted by molar-refractivity contribution is 0.0437. The second-order valence-electron chi connectivity index (χ2n) is 7.08. The van der Waals surface area contributed by atoms with Crippen LogP contribution in [0.4, 0.5) is 14.9 Å². The molecule has 0 radical (unpaired) electrons. The van der Waals surface area contributed by atoms with Gasteiger partial charge in [-0.05, 0) is 42.8 Å². The molecule has 0 saturated carbocycles. The number of hydrogen-bond acceptors (Lipinski definition) is 7. The number of anilines is 1. The fraction of sp³-hybridized carbons (Fsp3) is 0.350. The van der Waals surface area contributed by atoms with Gasteiger partial charge in [0.25, 0.3) is 0 Å². The number of rotatable bonds is 6. The van der Waals surface area contributed by atoms with E-state index >= 15 is 0 Å². The summed E-state index contributed by atoms with van der Waals surface area (Å²) in [4.78, 5) is 19.1. The largest absolute Gasteiger partial charge is 0.441 e. The summed E-state index contributed by atoms with van der Waals surface area (Å²) in [6.07, 6.45) is 0.391. The highest BCUT2D eigenvalue weighted by Gasteiger charge is 2.35. The Balaban J connectivity index is 1.54. The molecule has 1 aliphatic rings. The van der Waals surface area contributed by atoms with Crippen LogP contribution in [0.5, 0.6) is 0 Å². The quantitative estimate of drug-likeness (QED) is 0.663. The molecule has 2 atom stereocenters. The number of aromatic nitrogens is 5. The summed E-state index contributed by atoms with van der Waals surface area (Å²) in [5.74, 6) is -0.0895. The van der Waals surface area contributed by atoms with E-state index in [0.29, 0.717) is 34.9 Å². The second-order valence-corrected chi connectivity index (χ2v) is 7.08. The summed E-state index contributed by atoms with van der Waals surface area (Å²) < 4.78 is 19.9. The fourth-order valence-corrected chi connectivity index (χ4v) is 3.18. The Bertz CT molecular complexity index is 1050. The molecular formula is C20H21FN6O3. The number of aliphatic hydroxyl groups excluding tert-OH is 1. The summed E-state index contributed by atoms with van der Waals surface area (Å²) in [5.41, 5.74) is 1.84. The first-order valence-electron chi connectivity index (χ1n) is 9.66. The highest BCUT2D eigenvalue weighted by Crippen LogP contribution is 2.29. The van der Waals surface area contributed by atoms with E-state index in [-0.39, 0.29) is 6.54 Å². The normalized spacial score (nSPS) is 17.3. The minimum Gasteiger partial charge on any atom is -0.441 e. The maximum absolute atomic E-state index is 14.8. The van der Waals surface area contributed by atoms with Crippen LogP contribution in [0.1, 0.15) is 20.3 Å². The first-order chi connectivity index (χ1) is 14.5. The molecule has 1 saturated heterocycles. The van der Waals surface area contributed by atoms with Gasteiger partial charge < -0.3 is 9.84 Å². The van der Waals surface area contributed by atoms with Crippen LogP contribution in [0.2, 0.25) is 0 Å². The second kappa shape index (κ2) is 8.15. The Kier molecular flexibility index (Phi) is 5.40. The Morgan fingerprint density at radius 2 is 2.17 bits per heavy atom. The van der Waals surface area contributed by atoms with Crippen molar-refractivity contribution >= 4 is 11.8 Å². The van der Waals surface area contributed by atoms with E-state index in [1.165, 1.54) is 15.8 Å². The topological polar surface area (TPSA) is 106 Å². The van der Waals surface area contributed by atoms with Gasteiger partial charge in [-0.3, -0.25) is 9.88 Å². The summed E-state index contributed by atoms with van der Waals surface area (Å²) in [7, 11) is 0. The van der Waals surface area contributed by atoms with Crippen molar-refractivity contribution in [2.75, 3.05) is 11.4 Å². The number of nitrogens with zero attached hydrogens (tertiary/aromatic N) is 6. The van der Waals surface area contributed by atoms with Gasteiger partial charge in [0.1, 0.15) is 17.6 Å². The zero-order valence-electron chi connectivity index (χ0n) is 16.6. The average molecular weight is 412 g/mol. The average Bonchev–Trinajstić information content (AvgIpc) is 3.35. The monoisotopic (exact) mass is 412 g/mol. The standard InChI is InChI=1S/C20H21FN6O3/c1-3-8-27-24-19(23-25-27)17-7-4-13(10-22-17)15-6-5-14(9-16(15)21)26-11-18(12(2)28)30-20(26)29/h4-7,9-10,12,18,28H,3,8,11H2,1-2H3/t12?,18-/m1/s1. The molecule has 0 bridgehead atoms. The minimum atomic E-state index is -0.800. The van der Waals surface area contributed by atoms with Crippen molar-refractivity contribution in [1.82, 2.24) is 25.2 Å². The Hall–Kier alpha value is -3.40. The number of halogens is 1. The molecule has 1 aromatic carbocycles. The molecule has 3 heterocycles. The van der Waals surface area contributed by atoms with Crippen molar-refractivity contribution in [1.29, 1.82) is 0 Å². The van der Waals surface area contributed by atoms with Gasteiger partial charge in [0.05, 0.1) is 24.9 Å². The third kappa shape index (κ3) is 3.86. The zero-order chi connectivity index (χ0) is 21.3. The predicted molar refractivity (Wildman–Crippen MR) is 106 cm³/mol. The predicted octanol–water partition coefficient (Wildman–Crippen LogP) is 2.66. The van der Waals surface area contributed by atoms with E-state index < -0.39 is 24.1 Å². The van der Waals surface area contributed by atoms with E-state index in [1.54, 1.807) is 37.4 Å². The number of pyridine rings is 1. The number of tetrazole rings is 1. The van der Waals surface area contributed by atoms with Crippen molar-refractivity contribution < 1.29 is 19.0 Å². The van der Waals surface area contributed by atoms with Gasteiger partial charge >= 0.3 is 6.09 Å². The van der Waals surface area contributed by atoms with E-state index in [4.69, 9.17) is 4.74 Å². The zero-order valence-corrected chi connectivity index (χ0v) is 16.6. The SMILES string of the molecule is CCCn1nnc(-c2ccc(-c3ccc(N4C[C@H](C(C)O)OC4=O)cc3F)cn2)n1. The molecule has 9 nitrogen and oxygen atoms in total. The van der Waals surface area contributed by atoms with Crippen LogP contribution in [0.15, 0.2) is 36.5 Å². The molecule has 4 rings (SSSR count). The maximum Gasteiger partial charge on any atom is 0.414 e. The molecule has 0 spiro atoms. The van der Waals surface area contributed by atoms with Gasteiger partial charge in [-0.15, -0.1) is 10.2 Å². The Morgan fingerprint density at radius 3 is 2.80 bits per heavy atom. The van der Waals surface area contributed by atoms with Crippen LogP contribution in [0.25, 0.3) is 22.6 Å². The number of amides is 1. The van der Waals surface area contributed by atoms with Crippen molar-refractivity contribution in [2.24, 2.45) is 0 Å². The smallest absolute Gasteiger partial charge is 0.414 e. The minimum absolute atomic E-state index is 0.164. The highest BCUT2D eigenvalue weighted by atomic mass is 19.1. The van der Waals surface area contributed by atoms with Crippen LogP contribution in [0, 0.1) is 5.82 Å². The van der Waals surface area contributed by atoms with Crippen LogP contribution in [-0.2, 0) is 11.3 Å². The summed E-state index contributed by atoms with van der Waals surface area (Å²) in [6.45, 7) is 4.40. The third-order valence-electron chi connectivity index (χ3n) is 4.82. The van der Waals surface area contributed by atoms with Crippen LogP contribution >= 0.6 is 0 Å².